The van der Waals surface area contributed by atoms with Gasteiger partial charge in [0, 0.05) is 11.6 Å². The normalized spacial score (nSPS) is 17.0. The lowest BCUT2D eigenvalue weighted by molar-refractivity contribution is -0.122. The van der Waals surface area contributed by atoms with Gasteiger partial charge in [0.15, 0.2) is 9.84 Å². The number of hydrogen-bond donors (Lipinski definition) is 1. The van der Waals surface area contributed by atoms with Crippen LogP contribution in [-0.2, 0) is 25.8 Å². The van der Waals surface area contributed by atoms with Gasteiger partial charge in [0.2, 0.25) is 5.91 Å². The van der Waals surface area contributed by atoms with Crippen LogP contribution < -0.4 is 5.73 Å². The Kier molecular flexibility index (Phi) is 7.41. The number of carbonyl (C=O) groups excluding carboxylic acids is 1. The minimum atomic E-state index is -3.31. The molecule has 0 spiro atoms. The highest BCUT2D eigenvalue weighted by Gasteiger charge is 2.41. The van der Waals surface area contributed by atoms with Gasteiger partial charge in [-0.25, -0.2) is 8.42 Å². The molecule has 0 aromatic heterocycles. The minimum Gasteiger partial charge on any atom is -0.369 e. The third-order valence-electron chi connectivity index (χ3n) is 6.77. The van der Waals surface area contributed by atoms with Crippen molar-refractivity contribution in [1.82, 2.24) is 4.90 Å². The Morgan fingerprint density at radius 1 is 0.941 bits per heavy atom. The van der Waals surface area contributed by atoms with Gasteiger partial charge in [0.25, 0.3) is 0 Å². The first-order valence-corrected chi connectivity index (χ1v) is 13.5. The number of sulfone groups is 1. The Morgan fingerprint density at radius 3 is 2.03 bits per heavy atom. The molecule has 0 radical (unpaired) electrons. The van der Waals surface area contributed by atoms with Gasteiger partial charge < -0.3 is 10.6 Å². The molecule has 1 unspecified atom stereocenters. The summed E-state index contributed by atoms with van der Waals surface area (Å²) in [6.07, 6.45) is 1.05. The van der Waals surface area contributed by atoms with Crippen molar-refractivity contribution < 1.29 is 13.2 Å². The SMILES string of the molecule is NC(=O)C(CCN1CCC(S(=O)(=O)Cc2ccc(Cl)cc2)C1)(c1ccccc1)c1ccccc1. The van der Waals surface area contributed by atoms with Crippen LogP contribution in [0.3, 0.4) is 0 Å². The largest absolute Gasteiger partial charge is 0.369 e. The van der Waals surface area contributed by atoms with E-state index < -0.39 is 26.4 Å². The van der Waals surface area contributed by atoms with E-state index in [0.29, 0.717) is 37.5 Å². The summed E-state index contributed by atoms with van der Waals surface area (Å²) in [5, 5.41) is 0.155. The van der Waals surface area contributed by atoms with Gasteiger partial charge in [0.1, 0.15) is 0 Å². The number of halogens is 1. The first kappa shape index (κ1) is 24.5. The number of likely N-dealkylation sites (tertiary alicyclic amines) is 1. The molecule has 1 atom stereocenters. The Balaban J connectivity index is 1.51. The fourth-order valence-corrected chi connectivity index (χ4v) is 6.78. The number of nitrogens with two attached hydrogens (primary N) is 1. The van der Waals surface area contributed by atoms with E-state index in [0.717, 1.165) is 16.7 Å². The third kappa shape index (κ3) is 5.19. The van der Waals surface area contributed by atoms with Crippen molar-refractivity contribution in [1.29, 1.82) is 0 Å². The summed E-state index contributed by atoms with van der Waals surface area (Å²) in [6.45, 7) is 1.69. The molecular formula is C27H29ClN2O3S. The van der Waals surface area contributed by atoms with Crippen molar-refractivity contribution in [2.24, 2.45) is 5.73 Å². The van der Waals surface area contributed by atoms with Crippen LogP contribution in [0.5, 0.6) is 0 Å². The molecule has 3 aromatic carbocycles. The van der Waals surface area contributed by atoms with E-state index in [4.69, 9.17) is 17.3 Å². The molecule has 2 N–H and O–H groups in total. The molecule has 178 valence electrons. The number of amides is 1. The first-order valence-electron chi connectivity index (χ1n) is 11.4. The summed E-state index contributed by atoms with van der Waals surface area (Å²) in [7, 11) is -3.31. The summed E-state index contributed by atoms with van der Waals surface area (Å²) < 4.78 is 26.1. The average molecular weight is 497 g/mol. The third-order valence-corrected chi connectivity index (χ3v) is 9.16. The van der Waals surface area contributed by atoms with Gasteiger partial charge in [-0.1, -0.05) is 84.4 Å². The van der Waals surface area contributed by atoms with Crippen molar-refractivity contribution >= 4 is 27.3 Å². The quantitative estimate of drug-likeness (QED) is 0.481. The zero-order valence-electron chi connectivity index (χ0n) is 18.9. The highest BCUT2D eigenvalue weighted by Crippen LogP contribution is 2.36. The van der Waals surface area contributed by atoms with Gasteiger partial charge in [0.05, 0.1) is 16.4 Å². The molecule has 1 fully saturated rings. The Bertz CT molecular complexity index is 1180. The highest BCUT2D eigenvalue weighted by atomic mass is 35.5. The van der Waals surface area contributed by atoms with Crippen LogP contribution in [0.15, 0.2) is 84.9 Å². The maximum Gasteiger partial charge on any atom is 0.232 e. The van der Waals surface area contributed by atoms with Crippen molar-refractivity contribution in [2.45, 2.75) is 29.3 Å². The van der Waals surface area contributed by atoms with Crippen LogP contribution in [-0.4, -0.2) is 44.1 Å². The predicted octanol–water partition coefficient (Wildman–Crippen LogP) is 4.19. The number of hydrogen-bond acceptors (Lipinski definition) is 4. The molecule has 1 amide bonds. The van der Waals surface area contributed by atoms with E-state index in [-0.39, 0.29) is 5.75 Å². The maximum absolute atomic E-state index is 13.1. The molecule has 5 nitrogen and oxygen atoms in total. The van der Waals surface area contributed by atoms with Crippen molar-refractivity contribution in [2.75, 3.05) is 19.6 Å². The minimum absolute atomic E-state index is 0.00191. The van der Waals surface area contributed by atoms with Crippen LogP contribution in [0, 0.1) is 0 Å². The van der Waals surface area contributed by atoms with Crippen LogP contribution >= 0.6 is 11.6 Å². The first-order chi connectivity index (χ1) is 16.3. The van der Waals surface area contributed by atoms with Crippen LogP contribution in [0.2, 0.25) is 5.02 Å². The van der Waals surface area contributed by atoms with E-state index in [9.17, 15) is 13.2 Å². The van der Waals surface area contributed by atoms with Crippen molar-refractivity contribution in [3.05, 3.63) is 107 Å². The van der Waals surface area contributed by atoms with E-state index in [1.165, 1.54) is 0 Å². The van der Waals surface area contributed by atoms with Crippen molar-refractivity contribution in [3.63, 3.8) is 0 Å². The molecular weight excluding hydrogens is 468 g/mol. The predicted molar refractivity (Wildman–Crippen MR) is 136 cm³/mol. The van der Waals surface area contributed by atoms with E-state index >= 15 is 0 Å². The molecule has 7 heteroatoms. The van der Waals surface area contributed by atoms with Gasteiger partial charge >= 0.3 is 0 Å². The average Bonchev–Trinajstić information content (AvgIpc) is 3.32. The fraction of sp³-hybridized carbons (Fsp3) is 0.296. The van der Waals surface area contributed by atoms with E-state index in [1.807, 2.05) is 60.7 Å². The Hall–Kier alpha value is -2.67. The van der Waals surface area contributed by atoms with E-state index in [1.54, 1.807) is 24.3 Å². The number of carbonyl (C=O) groups is 1. The van der Waals surface area contributed by atoms with Gasteiger partial charge in [-0.05, 0) is 54.8 Å². The second kappa shape index (κ2) is 10.3. The van der Waals surface area contributed by atoms with Crippen molar-refractivity contribution in [3.8, 4) is 0 Å². The topological polar surface area (TPSA) is 80.5 Å². The highest BCUT2D eigenvalue weighted by molar-refractivity contribution is 7.91. The lowest BCUT2D eigenvalue weighted by Gasteiger charge is -2.33. The molecule has 1 aliphatic rings. The second-order valence-electron chi connectivity index (χ2n) is 8.90. The summed E-state index contributed by atoms with van der Waals surface area (Å²) in [5.74, 6) is -0.405. The molecule has 0 saturated carbocycles. The monoisotopic (exact) mass is 496 g/mol. The number of rotatable bonds is 9. The smallest absolute Gasteiger partial charge is 0.232 e. The number of nitrogens with zero attached hydrogens (tertiary/aromatic N) is 1. The molecule has 4 rings (SSSR count). The number of primary amides is 1. The molecule has 34 heavy (non-hydrogen) atoms. The second-order valence-corrected chi connectivity index (χ2v) is 11.6. The Labute approximate surface area is 206 Å². The molecule has 1 saturated heterocycles. The zero-order valence-corrected chi connectivity index (χ0v) is 20.5. The summed E-state index contributed by atoms with van der Waals surface area (Å²) in [5.41, 5.74) is 7.50. The standard InChI is InChI=1S/C27H29ClN2O3S/c28-24-13-11-21(12-14-24)20-34(32,33)25-15-17-30(19-25)18-16-27(26(29)31,22-7-3-1-4-8-22)23-9-5-2-6-10-23/h1-14,25H,15-20H2,(H2,29,31). The van der Waals surface area contributed by atoms with Crippen LogP contribution in [0.1, 0.15) is 29.5 Å². The lowest BCUT2D eigenvalue weighted by atomic mass is 9.71. The van der Waals surface area contributed by atoms with Crippen LogP contribution in [0.25, 0.3) is 0 Å². The summed E-state index contributed by atoms with van der Waals surface area (Å²) in [6, 6.07) is 26.1. The molecule has 0 aliphatic carbocycles. The molecule has 0 bridgehead atoms. The summed E-state index contributed by atoms with van der Waals surface area (Å²) in [4.78, 5) is 15.1. The molecule has 1 aliphatic heterocycles. The zero-order chi connectivity index (χ0) is 24.2. The van der Waals surface area contributed by atoms with Gasteiger partial charge in [-0.15, -0.1) is 0 Å². The van der Waals surface area contributed by atoms with Crippen LogP contribution in [0.4, 0.5) is 0 Å². The van der Waals surface area contributed by atoms with Gasteiger partial charge in [-0.3, -0.25) is 4.79 Å². The number of benzene rings is 3. The summed E-state index contributed by atoms with van der Waals surface area (Å²) >= 11 is 5.92. The van der Waals surface area contributed by atoms with Gasteiger partial charge in [-0.2, -0.15) is 0 Å². The fourth-order valence-electron chi connectivity index (χ4n) is 4.86. The Morgan fingerprint density at radius 2 is 1.50 bits per heavy atom. The maximum atomic E-state index is 13.1. The van der Waals surface area contributed by atoms with E-state index in [2.05, 4.69) is 4.90 Å². The molecule has 1 heterocycles. The molecule has 3 aromatic rings. The lowest BCUT2D eigenvalue weighted by Crippen LogP contribution is -2.45.